The van der Waals surface area contributed by atoms with E-state index in [1.807, 2.05) is 44.2 Å². The van der Waals surface area contributed by atoms with Crippen LogP contribution in [-0.4, -0.2) is 43.8 Å². The van der Waals surface area contributed by atoms with Gasteiger partial charge in [0.05, 0.1) is 10.6 Å². The first-order chi connectivity index (χ1) is 17.6. The molecule has 0 saturated carbocycles. The van der Waals surface area contributed by atoms with Crippen LogP contribution in [0.4, 0.5) is 5.69 Å². The highest BCUT2D eigenvalue weighted by atomic mass is 79.9. The van der Waals surface area contributed by atoms with Crippen LogP contribution in [0, 0.1) is 0 Å². The number of anilines is 1. The van der Waals surface area contributed by atoms with Crippen LogP contribution in [0.3, 0.4) is 0 Å². The van der Waals surface area contributed by atoms with Gasteiger partial charge in [0.1, 0.15) is 12.6 Å². The van der Waals surface area contributed by atoms with E-state index in [4.69, 9.17) is 0 Å². The van der Waals surface area contributed by atoms with Crippen LogP contribution in [0.2, 0.25) is 0 Å². The van der Waals surface area contributed by atoms with Crippen LogP contribution in [0.15, 0.2) is 94.3 Å². The topological polar surface area (TPSA) is 86.8 Å². The summed E-state index contributed by atoms with van der Waals surface area (Å²) >= 11 is 3.37. The van der Waals surface area contributed by atoms with Crippen molar-refractivity contribution in [1.82, 2.24) is 10.2 Å². The van der Waals surface area contributed by atoms with Crippen molar-refractivity contribution in [3.63, 3.8) is 0 Å². The highest BCUT2D eigenvalue weighted by molar-refractivity contribution is 9.10. The number of hydrogen-bond donors (Lipinski definition) is 1. The van der Waals surface area contributed by atoms with E-state index in [9.17, 15) is 18.0 Å². The van der Waals surface area contributed by atoms with Crippen molar-refractivity contribution in [1.29, 1.82) is 0 Å². The number of sulfonamides is 1. The maximum absolute atomic E-state index is 13.8. The van der Waals surface area contributed by atoms with Crippen LogP contribution in [0.25, 0.3) is 0 Å². The van der Waals surface area contributed by atoms with Crippen molar-refractivity contribution in [3.8, 4) is 0 Å². The van der Waals surface area contributed by atoms with Crippen LogP contribution >= 0.6 is 15.9 Å². The number of halogens is 1. The van der Waals surface area contributed by atoms with Crippen LogP contribution < -0.4 is 9.62 Å². The molecule has 0 aliphatic heterocycles. The van der Waals surface area contributed by atoms with E-state index in [2.05, 4.69) is 21.2 Å². The predicted octanol–water partition coefficient (Wildman–Crippen LogP) is 4.98. The molecule has 0 heterocycles. The van der Waals surface area contributed by atoms with Gasteiger partial charge < -0.3 is 10.2 Å². The minimum atomic E-state index is -4.07. The molecule has 0 aromatic heterocycles. The van der Waals surface area contributed by atoms with E-state index < -0.39 is 28.5 Å². The van der Waals surface area contributed by atoms with E-state index in [-0.39, 0.29) is 23.4 Å². The van der Waals surface area contributed by atoms with Gasteiger partial charge in [0.2, 0.25) is 11.8 Å². The van der Waals surface area contributed by atoms with Crippen molar-refractivity contribution in [2.24, 2.45) is 0 Å². The molecule has 0 fully saturated rings. The Kier molecular flexibility index (Phi) is 9.88. The summed E-state index contributed by atoms with van der Waals surface area (Å²) in [5.74, 6) is -0.780. The number of rotatable bonds is 11. The Morgan fingerprint density at radius 2 is 1.46 bits per heavy atom. The molecule has 7 nitrogen and oxygen atoms in total. The number of nitrogens with zero attached hydrogens (tertiary/aromatic N) is 2. The van der Waals surface area contributed by atoms with Crippen LogP contribution in [-0.2, 0) is 26.2 Å². The first kappa shape index (κ1) is 28.4. The Morgan fingerprint density at radius 1 is 0.892 bits per heavy atom. The molecule has 0 bridgehead atoms. The number of carbonyl (C=O) groups excluding carboxylic acids is 2. The van der Waals surface area contributed by atoms with Crippen LogP contribution in [0.1, 0.15) is 32.8 Å². The Bertz CT molecular complexity index is 1290. The van der Waals surface area contributed by atoms with Crippen molar-refractivity contribution in [3.05, 3.63) is 95.0 Å². The summed E-state index contributed by atoms with van der Waals surface area (Å²) in [5, 5.41) is 2.93. The average molecular weight is 587 g/mol. The summed E-state index contributed by atoms with van der Waals surface area (Å²) in [7, 11) is -4.07. The normalized spacial score (nSPS) is 12.9. The summed E-state index contributed by atoms with van der Waals surface area (Å²) < 4.78 is 29.2. The summed E-state index contributed by atoms with van der Waals surface area (Å²) in [5.41, 5.74) is 1.18. The van der Waals surface area contributed by atoms with Gasteiger partial charge in [-0.2, -0.15) is 0 Å². The summed E-state index contributed by atoms with van der Waals surface area (Å²) in [6, 6.07) is 23.2. The molecule has 196 valence electrons. The molecule has 2 amide bonds. The summed E-state index contributed by atoms with van der Waals surface area (Å²) in [4.78, 5) is 28.3. The van der Waals surface area contributed by atoms with Crippen molar-refractivity contribution >= 4 is 43.5 Å². The largest absolute Gasteiger partial charge is 0.352 e. The number of carbonyl (C=O) groups is 2. The van der Waals surface area contributed by atoms with E-state index >= 15 is 0 Å². The lowest BCUT2D eigenvalue weighted by atomic mass is 10.1. The van der Waals surface area contributed by atoms with Crippen LogP contribution in [0.5, 0.6) is 0 Å². The molecule has 0 saturated heterocycles. The first-order valence-electron chi connectivity index (χ1n) is 12.1. The van der Waals surface area contributed by atoms with Crippen molar-refractivity contribution < 1.29 is 18.0 Å². The smallest absolute Gasteiger partial charge is 0.264 e. The number of amides is 2. The second-order valence-corrected chi connectivity index (χ2v) is 11.6. The second-order valence-electron chi connectivity index (χ2n) is 8.80. The van der Waals surface area contributed by atoms with Crippen molar-refractivity contribution in [2.45, 2.75) is 50.7 Å². The van der Waals surface area contributed by atoms with Gasteiger partial charge in [-0.15, -0.1) is 0 Å². The fourth-order valence-electron chi connectivity index (χ4n) is 3.68. The monoisotopic (exact) mass is 585 g/mol. The molecule has 0 radical (unpaired) electrons. The minimum Gasteiger partial charge on any atom is -0.352 e. The van der Waals surface area contributed by atoms with Gasteiger partial charge in [0.15, 0.2) is 0 Å². The highest BCUT2D eigenvalue weighted by Crippen LogP contribution is 2.26. The number of nitrogens with one attached hydrogen (secondary N) is 1. The molecule has 0 aliphatic rings. The van der Waals surface area contributed by atoms with E-state index in [1.54, 1.807) is 49.4 Å². The fourth-order valence-corrected chi connectivity index (χ4v) is 5.38. The molecule has 0 unspecified atom stereocenters. The SMILES string of the molecule is CC[C@H](C)NC(=O)[C@H](C)N(Cc1ccccc1)C(=O)CN(c1ccc(Br)cc1)S(=O)(=O)c1ccccc1. The Hall–Kier alpha value is -3.17. The third-order valence-electron chi connectivity index (χ3n) is 6.09. The molecule has 9 heteroatoms. The third kappa shape index (κ3) is 7.42. The number of benzene rings is 3. The highest BCUT2D eigenvalue weighted by Gasteiger charge is 2.32. The van der Waals surface area contributed by atoms with Gasteiger partial charge in [0, 0.05) is 17.1 Å². The standard InChI is InChI=1S/C28H32BrN3O4S/c1-4-21(2)30-28(34)22(3)31(19-23-11-7-5-8-12-23)27(33)20-32(25-17-15-24(29)16-18-25)37(35,36)26-13-9-6-10-14-26/h5-18,21-22H,4,19-20H2,1-3H3,(H,30,34)/t21-,22-/m0/s1. The van der Waals surface area contributed by atoms with E-state index in [1.165, 1.54) is 17.0 Å². The quantitative estimate of drug-likeness (QED) is 0.344. The van der Waals surface area contributed by atoms with Gasteiger partial charge >= 0.3 is 0 Å². The minimum absolute atomic E-state index is 0.0543. The molecule has 3 aromatic carbocycles. The lowest BCUT2D eigenvalue weighted by Gasteiger charge is -2.32. The van der Waals surface area contributed by atoms with Gasteiger partial charge in [-0.05, 0) is 62.2 Å². The molecule has 2 atom stereocenters. The molecular formula is C28H32BrN3O4S. The molecule has 0 spiro atoms. The van der Waals surface area contributed by atoms with Gasteiger partial charge in [0.25, 0.3) is 10.0 Å². The van der Waals surface area contributed by atoms with Gasteiger partial charge in [-0.3, -0.25) is 13.9 Å². The maximum atomic E-state index is 13.8. The molecular weight excluding hydrogens is 554 g/mol. The summed E-state index contributed by atoms with van der Waals surface area (Å²) in [6.45, 7) is 5.22. The van der Waals surface area contributed by atoms with Gasteiger partial charge in [-0.1, -0.05) is 71.4 Å². The second kappa shape index (κ2) is 12.9. The zero-order chi connectivity index (χ0) is 27.0. The summed E-state index contributed by atoms with van der Waals surface area (Å²) in [6.07, 6.45) is 0.748. The maximum Gasteiger partial charge on any atom is 0.264 e. The lowest BCUT2D eigenvalue weighted by Crippen LogP contribution is -2.52. The molecule has 0 aliphatic carbocycles. The van der Waals surface area contributed by atoms with E-state index in [0.29, 0.717) is 5.69 Å². The average Bonchev–Trinajstić information content (AvgIpc) is 2.91. The third-order valence-corrected chi connectivity index (χ3v) is 8.41. The molecule has 37 heavy (non-hydrogen) atoms. The molecule has 3 aromatic rings. The lowest BCUT2D eigenvalue weighted by molar-refractivity contribution is -0.139. The zero-order valence-corrected chi connectivity index (χ0v) is 23.6. The van der Waals surface area contributed by atoms with Gasteiger partial charge in [-0.25, -0.2) is 8.42 Å². The number of hydrogen-bond acceptors (Lipinski definition) is 4. The molecule has 1 N–H and O–H groups in total. The Morgan fingerprint density at radius 3 is 2.03 bits per heavy atom. The Balaban J connectivity index is 1.99. The van der Waals surface area contributed by atoms with E-state index in [0.717, 1.165) is 20.8 Å². The predicted molar refractivity (Wildman–Crippen MR) is 149 cm³/mol. The molecule has 3 rings (SSSR count). The Labute approximate surface area is 227 Å². The first-order valence-corrected chi connectivity index (χ1v) is 14.3. The zero-order valence-electron chi connectivity index (χ0n) is 21.2. The van der Waals surface area contributed by atoms with Crippen molar-refractivity contribution in [2.75, 3.05) is 10.8 Å². The fraction of sp³-hybridized carbons (Fsp3) is 0.286.